The van der Waals surface area contributed by atoms with E-state index in [0.29, 0.717) is 6.54 Å². The summed E-state index contributed by atoms with van der Waals surface area (Å²) in [5, 5.41) is 0. The Morgan fingerprint density at radius 1 is 1.10 bits per heavy atom. The minimum atomic E-state index is -2.58. The van der Waals surface area contributed by atoms with Crippen LogP contribution >= 0.6 is 0 Å². The van der Waals surface area contributed by atoms with E-state index >= 15 is 0 Å². The van der Waals surface area contributed by atoms with E-state index in [1.807, 2.05) is 49.4 Å². The van der Waals surface area contributed by atoms with Crippen LogP contribution in [0, 0.1) is 6.07 Å². The number of nitrogens with zero attached hydrogens (tertiary/aromatic N) is 1. The Morgan fingerprint density at radius 3 is 2.40 bits per heavy atom. The minimum Gasteiger partial charge on any atom is -0.272 e. The number of rotatable bonds is 6. The molecule has 0 saturated carbocycles. The van der Waals surface area contributed by atoms with E-state index in [1.165, 1.54) is 9.87 Å². The van der Waals surface area contributed by atoms with Gasteiger partial charge in [0.05, 0.1) is 5.69 Å². The average Bonchev–Trinajstić information content (AvgIpc) is 2.47. The molecule has 1 radical (unpaired) electrons. The molecule has 4 heteroatoms. The molecule has 0 aliphatic rings. The monoisotopic (exact) mass is 288 g/mol. The van der Waals surface area contributed by atoms with Gasteiger partial charge in [-0.2, -0.15) is 0 Å². The Kier molecular flexibility index (Phi) is 5.18. The van der Waals surface area contributed by atoms with Gasteiger partial charge in [0.2, 0.25) is 10.9 Å². The van der Waals surface area contributed by atoms with Gasteiger partial charge in [-0.25, -0.2) is 8.42 Å². The predicted molar refractivity (Wildman–Crippen MR) is 82.5 cm³/mol. The number of anilines is 1. The lowest BCUT2D eigenvalue weighted by Gasteiger charge is -2.16. The molecule has 0 aliphatic heterocycles. The van der Waals surface area contributed by atoms with E-state index in [1.54, 1.807) is 0 Å². The lowest BCUT2D eigenvalue weighted by Crippen LogP contribution is -2.21. The number of thiol groups is 1. The molecule has 0 atom stereocenters. The molecule has 0 fully saturated rings. The Labute approximate surface area is 122 Å². The molecule has 0 bridgehead atoms. The summed E-state index contributed by atoms with van der Waals surface area (Å²) in [6, 6.07) is 18.6. The van der Waals surface area contributed by atoms with Crippen molar-refractivity contribution in [1.82, 2.24) is 0 Å². The van der Waals surface area contributed by atoms with Crippen LogP contribution in [0.4, 0.5) is 5.69 Å². The second-order valence-corrected chi connectivity index (χ2v) is 5.57. The molecule has 3 nitrogen and oxygen atoms in total. The number of benzene rings is 2. The molecule has 2 aromatic carbocycles. The fourth-order valence-corrected chi connectivity index (χ4v) is 2.76. The molecule has 2 aromatic rings. The van der Waals surface area contributed by atoms with E-state index in [9.17, 15) is 8.42 Å². The van der Waals surface area contributed by atoms with E-state index in [-0.39, 0.29) is 0 Å². The highest BCUT2D eigenvalue weighted by Crippen LogP contribution is 2.17. The lowest BCUT2D eigenvalue weighted by atomic mass is 10.0. The molecule has 0 aliphatic carbocycles. The Morgan fingerprint density at radius 2 is 1.85 bits per heavy atom. The van der Waals surface area contributed by atoms with E-state index in [4.69, 9.17) is 0 Å². The van der Waals surface area contributed by atoms with Gasteiger partial charge in [0.25, 0.3) is 0 Å². The number of hydrogen-bond acceptors (Lipinski definition) is 2. The number of hydrogen-bond donors (Lipinski definition) is 1. The maximum Gasteiger partial charge on any atom is 0.225 e. The van der Waals surface area contributed by atoms with Gasteiger partial charge in [0, 0.05) is 6.54 Å². The molecule has 0 N–H and O–H groups in total. The summed E-state index contributed by atoms with van der Waals surface area (Å²) in [6.07, 6.45) is 1.62. The van der Waals surface area contributed by atoms with E-state index < -0.39 is 10.9 Å². The van der Waals surface area contributed by atoms with Gasteiger partial charge in [0.1, 0.15) is 0 Å². The molecule has 0 amide bonds. The van der Waals surface area contributed by atoms with Gasteiger partial charge in [-0.15, -0.1) is 0 Å². The highest BCUT2D eigenvalue weighted by Gasteiger charge is 2.07. The first-order chi connectivity index (χ1) is 9.70. The van der Waals surface area contributed by atoms with Gasteiger partial charge in [-0.3, -0.25) is 4.31 Å². The normalized spacial score (nSPS) is 10.7. The topological polar surface area (TPSA) is 37.4 Å². The van der Waals surface area contributed by atoms with Crippen LogP contribution in [0.1, 0.15) is 24.5 Å². The van der Waals surface area contributed by atoms with Crippen LogP contribution in [0.3, 0.4) is 0 Å². The fourth-order valence-electron chi connectivity index (χ4n) is 2.08. The second kappa shape index (κ2) is 7.10. The van der Waals surface area contributed by atoms with Gasteiger partial charge in [-0.1, -0.05) is 43.3 Å². The maximum absolute atomic E-state index is 11.2. The molecule has 0 spiro atoms. The lowest BCUT2D eigenvalue weighted by molar-refractivity contribution is 0.609. The highest BCUT2D eigenvalue weighted by molar-refractivity contribution is 7.74. The largest absolute Gasteiger partial charge is 0.272 e. The molecule has 105 valence electrons. The molecule has 0 unspecified atom stereocenters. The zero-order valence-corrected chi connectivity index (χ0v) is 12.3. The first-order valence-corrected chi connectivity index (χ1v) is 7.79. The molecule has 0 saturated heterocycles. The van der Waals surface area contributed by atoms with Crippen molar-refractivity contribution in [1.29, 1.82) is 0 Å². The third-order valence-electron chi connectivity index (χ3n) is 3.05. The third kappa shape index (κ3) is 3.84. The quantitative estimate of drug-likeness (QED) is 0.830. The van der Waals surface area contributed by atoms with Crippen LogP contribution < -0.4 is 4.31 Å². The molecular weight excluding hydrogens is 270 g/mol. The molecule has 2 rings (SSSR count). The van der Waals surface area contributed by atoms with Crippen LogP contribution in [0.15, 0.2) is 48.5 Å². The Bertz CT molecular complexity index is 598. The summed E-state index contributed by atoms with van der Waals surface area (Å²) >= 11 is 0. The highest BCUT2D eigenvalue weighted by atomic mass is 32.2. The Balaban J connectivity index is 2.13. The predicted octanol–water partition coefficient (Wildman–Crippen LogP) is 2.82. The van der Waals surface area contributed by atoms with Gasteiger partial charge >= 0.3 is 0 Å². The summed E-state index contributed by atoms with van der Waals surface area (Å²) in [4.78, 5) is 0. The van der Waals surface area contributed by atoms with Crippen molar-refractivity contribution >= 4 is 16.6 Å². The minimum absolute atomic E-state index is 0.520. The standard InChI is InChI=1S/C16H18NO2S/c1-2-12-17(20(18)19)16-10-8-15(9-11-16)13-14-6-4-3-5-7-14/h3-4,6-11,20H,2,12-13H2,1H3. The Hall–Kier alpha value is -1.81. The van der Waals surface area contributed by atoms with Crippen LogP contribution in [0.25, 0.3) is 0 Å². The van der Waals surface area contributed by atoms with Crippen LogP contribution in [-0.4, -0.2) is 15.0 Å². The smallest absolute Gasteiger partial charge is 0.225 e. The van der Waals surface area contributed by atoms with Crippen molar-refractivity contribution in [3.05, 3.63) is 65.7 Å². The van der Waals surface area contributed by atoms with Gasteiger partial charge < -0.3 is 0 Å². The molecule has 0 heterocycles. The first-order valence-electron chi connectivity index (χ1n) is 6.66. The zero-order valence-electron chi connectivity index (χ0n) is 11.5. The third-order valence-corrected chi connectivity index (χ3v) is 3.87. The average molecular weight is 288 g/mol. The summed E-state index contributed by atoms with van der Waals surface area (Å²) in [7, 11) is -2.58. The molecule has 0 aromatic heterocycles. The van der Waals surface area contributed by atoms with Crippen LogP contribution in [0.2, 0.25) is 0 Å². The van der Waals surface area contributed by atoms with E-state index in [0.717, 1.165) is 24.1 Å². The van der Waals surface area contributed by atoms with Crippen molar-refractivity contribution in [2.75, 3.05) is 10.8 Å². The summed E-state index contributed by atoms with van der Waals surface area (Å²) in [6.45, 7) is 2.48. The van der Waals surface area contributed by atoms with Crippen molar-refractivity contribution in [2.24, 2.45) is 0 Å². The van der Waals surface area contributed by atoms with E-state index in [2.05, 4.69) is 12.1 Å². The summed E-state index contributed by atoms with van der Waals surface area (Å²) in [5.41, 5.74) is 3.08. The molecular formula is C16H18NO2S. The van der Waals surface area contributed by atoms with Crippen molar-refractivity contribution in [3.8, 4) is 0 Å². The van der Waals surface area contributed by atoms with Crippen molar-refractivity contribution in [3.63, 3.8) is 0 Å². The zero-order chi connectivity index (χ0) is 14.4. The summed E-state index contributed by atoms with van der Waals surface area (Å²) < 4.78 is 23.9. The van der Waals surface area contributed by atoms with Gasteiger partial charge in [-0.05, 0) is 42.2 Å². The van der Waals surface area contributed by atoms with Crippen LogP contribution in [-0.2, 0) is 17.3 Å². The summed E-state index contributed by atoms with van der Waals surface area (Å²) in [5.74, 6) is 0. The SMILES string of the molecule is CCCN(c1ccc(Cc2c[c]ccc2)cc1)[SH](=O)=O. The van der Waals surface area contributed by atoms with Gasteiger partial charge in [0.15, 0.2) is 0 Å². The first kappa shape index (κ1) is 14.6. The van der Waals surface area contributed by atoms with Crippen molar-refractivity contribution in [2.45, 2.75) is 19.8 Å². The molecule has 20 heavy (non-hydrogen) atoms. The fraction of sp³-hybridized carbons (Fsp3) is 0.250. The maximum atomic E-state index is 11.2. The second-order valence-electron chi connectivity index (χ2n) is 4.62. The van der Waals surface area contributed by atoms with Crippen LogP contribution in [0.5, 0.6) is 0 Å². The van der Waals surface area contributed by atoms with Crippen molar-refractivity contribution < 1.29 is 8.42 Å².